The number of nitrogens with one attached hydrogen (secondary N) is 2. The molecule has 2 N–H and O–H groups in total. The van der Waals surface area contributed by atoms with Crippen molar-refractivity contribution in [3.63, 3.8) is 0 Å². The van der Waals surface area contributed by atoms with Gasteiger partial charge in [0.1, 0.15) is 0 Å². The lowest BCUT2D eigenvalue weighted by atomic mass is 10.1. The number of rotatable bonds is 10. The van der Waals surface area contributed by atoms with Crippen LogP contribution in [0.5, 0.6) is 0 Å². The normalized spacial score (nSPS) is 12.5. The standard InChI is InChI=1S/C21H28N2O3S2/c1-4-15-22-28(25,26)20-12-5-17(6-13-20)7-14-21(24)23-16(2)18-8-10-19(27-3)11-9-18/h5-6,8-13,16,22H,4,7,14-15H2,1-3H3,(H,23,24)/t16-/m1/s1. The molecule has 7 heteroatoms. The molecule has 0 aliphatic rings. The summed E-state index contributed by atoms with van der Waals surface area (Å²) in [6, 6.07) is 14.8. The van der Waals surface area contributed by atoms with Gasteiger partial charge in [-0.05, 0) is 61.4 Å². The fourth-order valence-electron chi connectivity index (χ4n) is 2.70. The highest BCUT2D eigenvalue weighted by atomic mass is 32.2. The largest absolute Gasteiger partial charge is 0.350 e. The molecular weight excluding hydrogens is 392 g/mol. The number of sulfonamides is 1. The smallest absolute Gasteiger partial charge is 0.240 e. The highest BCUT2D eigenvalue weighted by molar-refractivity contribution is 7.98. The Kier molecular flexibility index (Phi) is 8.54. The second kappa shape index (κ2) is 10.6. The molecule has 0 aliphatic carbocycles. The number of hydrogen-bond acceptors (Lipinski definition) is 4. The van der Waals surface area contributed by atoms with E-state index in [9.17, 15) is 13.2 Å². The average Bonchev–Trinajstić information content (AvgIpc) is 2.71. The third kappa shape index (κ3) is 6.65. The van der Waals surface area contributed by atoms with Crippen LogP contribution < -0.4 is 10.0 Å². The minimum Gasteiger partial charge on any atom is -0.350 e. The molecule has 152 valence electrons. The summed E-state index contributed by atoms with van der Waals surface area (Å²) in [5.74, 6) is -0.0252. The number of aryl methyl sites for hydroxylation is 1. The van der Waals surface area contributed by atoms with E-state index in [0.717, 1.165) is 17.5 Å². The van der Waals surface area contributed by atoms with Gasteiger partial charge < -0.3 is 5.32 Å². The van der Waals surface area contributed by atoms with Crippen molar-refractivity contribution >= 4 is 27.7 Å². The van der Waals surface area contributed by atoms with E-state index in [2.05, 4.69) is 10.0 Å². The molecule has 5 nitrogen and oxygen atoms in total. The first-order chi connectivity index (χ1) is 13.4. The van der Waals surface area contributed by atoms with Crippen LogP contribution in [0, 0.1) is 0 Å². The highest BCUT2D eigenvalue weighted by Crippen LogP contribution is 2.19. The van der Waals surface area contributed by atoms with Crippen molar-refractivity contribution in [2.24, 2.45) is 0 Å². The Balaban J connectivity index is 1.86. The van der Waals surface area contributed by atoms with Crippen molar-refractivity contribution in [3.8, 4) is 0 Å². The Morgan fingerprint density at radius 1 is 1.07 bits per heavy atom. The first-order valence-electron chi connectivity index (χ1n) is 9.37. The van der Waals surface area contributed by atoms with Gasteiger partial charge in [0.05, 0.1) is 10.9 Å². The molecule has 0 saturated heterocycles. The van der Waals surface area contributed by atoms with Crippen LogP contribution in [-0.4, -0.2) is 27.1 Å². The molecule has 0 aliphatic heterocycles. The maximum absolute atomic E-state index is 12.2. The summed E-state index contributed by atoms with van der Waals surface area (Å²) in [7, 11) is -3.45. The van der Waals surface area contributed by atoms with Crippen LogP contribution in [0.2, 0.25) is 0 Å². The molecule has 0 unspecified atom stereocenters. The van der Waals surface area contributed by atoms with Gasteiger partial charge in [-0.25, -0.2) is 13.1 Å². The summed E-state index contributed by atoms with van der Waals surface area (Å²) in [4.78, 5) is 13.7. The van der Waals surface area contributed by atoms with Crippen LogP contribution in [-0.2, 0) is 21.2 Å². The Hall–Kier alpha value is -1.83. The van der Waals surface area contributed by atoms with E-state index in [4.69, 9.17) is 0 Å². The van der Waals surface area contributed by atoms with Crippen molar-refractivity contribution in [1.29, 1.82) is 0 Å². The van der Waals surface area contributed by atoms with Gasteiger partial charge in [-0.1, -0.05) is 31.2 Å². The van der Waals surface area contributed by atoms with Crippen molar-refractivity contribution in [2.45, 2.75) is 48.9 Å². The number of hydrogen-bond donors (Lipinski definition) is 2. The number of carbonyl (C=O) groups excluding carboxylic acids is 1. The van der Waals surface area contributed by atoms with E-state index >= 15 is 0 Å². The Bertz CT molecular complexity index is 864. The molecule has 0 fully saturated rings. The van der Waals surface area contributed by atoms with Gasteiger partial charge in [0, 0.05) is 17.9 Å². The lowest BCUT2D eigenvalue weighted by molar-refractivity contribution is -0.121. The average molecular weight is 421 g/mol. The van der Waals surface area contributed by atoms with Crippen LogP contribution in [0.15, 0.2) is 58.3 Å². The molecule has 1 atom stereocenters. The SMILES string of the molecule is CCCNS(=O)(=O)c1ccc(CCC(=O)N[C@H](C)c2ccc(SC)cc2)cc1. The number of benzene rings is 2. The molecule has 0 heterocycles. The summed E-state index contributed by atoms with van der Waals surface area (Å²) in [5, 5.41) is 3.01. The Morgan fingerprint density at radius 3 is 2.29 bits per heavy atom. The zero-order chi connectivity index (χ0) is 20.6. The summed E-state index contributed by atoms with van der Waals surface area (Å²) >= 11 is 1.69. The molecule has 0 radical (unpaired) electrons. The maximum atomic E-state index is 12.2. The zero-order valence-electron chi connectivity index (χ0n) is 16.6. The lowest BCUT2D eigenvalue weighted by Crippen LogP contribution is -2.26. The third-order valence-electron chi connectivity index (χ3n) is 4.41. The number of carbonyl (C=O) groups is 1. The van der Waals surface area contributed by atoms with Crippen molar-refractivity contribution in [3.05, 3.63) is 59.7 Å². The van der Waals surface area contributed by atoms with Crippen LogP contribution in [0.3, 0.4) is 0 Å². The second-order valence-corrected chi connectivity index (χ2v) is 9.25. The first kappa shape index (κ1) is 22.5. The van der Waals surface area contributed by atoms with Gasteiger partial charge in [-0.3, -0.25) is 4.79 Å². The third-order valence-corrected chi connectivity index (χ3v) is 6.63. The molecule has 2 aromatic carbocycles. The van der Waals surface area contributed by atoms with E-state index in [0.29, 0.717) is 19.4 Å². The summed E-state index contributed by atoms with van der Waals surface area (Å²) in [5.41, 5.74) is 2.00. The van der Waals surface area contributed by atoms with Crippen LogP contribution in [0.4, 0.5) is 0 Å². The quantitative estimate of drug-likeness (QED) is 0.572. The van der Waals surface area contributed by atoms with E-state index in [1.54, 1.807) is 36.0 Å². The van der Waals surface area contributed by atoms with Crippen LogP contribution in [0.25, 0.3) is 0 Å². The molecule has 0 bridgehead atoms. The summed E-state index contributed by atoms with van der Waals surface area (Å²) in [6.45, 7) is 4.30. The van der Waals surface area contributed by atoms with Gasteiger partial charge in [0.25, 0.3) is 0 Å². The predicted octanol–water partition coefficient (Wildman–Crippen LogP) is 3.91. The van der Waals surface area contributed by atoms with E-state index in [-0.39, 0.29) is 16.8 Å². The molecular formula is C21H28N2O3S2. The Morgan fingerprint density at radius 2 is 1.71 bits per heavy atom. The van der Waals surface area contributed by atoms with Crippen LogP contribution >= 0.6 is 11.8 Å². The summed E-state index contributed by atoms with van der Waals surface area (Å²) < 4.78 is 26.7. The fourth-order valence-corrected chi connectivity index (χ4v) is 4.24. The second-order valence-electron chi connectivity index (χ2n) is 6.60. The Labute approximate surface area is 172 Å². The molecule has 0 saturated carbocycles. The molecule has 2 aromatic rings. The molecule has 0 spiro atoms. The van der Waals surface area contributed by atoms with Crippen molar-refractivity contribution in [2.75, 3.05) is 12.8 Å². The van der Waals surface area contributed by atoms with Crippen LogP contribution in [0.1, 0.15) is 43.9 Å². The van der Waals surface area contributed by atoms with E-state index in [1.165, 1.54) is 4.90 Å². The molecule has 2 rings (SSSR count). The zero-order valence-corrected chi connectivity index (χ0v) is 18.2. The molecule has 0 aromatic heterocycles. The van der Waals surface area contributed by atoms with Gasteiger partial charge in [-0.2, -0.15) is 0 Å². The summed E-state index contributed by atoms with van der Waals surface area (Å²) in [6.07, 6.45) is 3.69. The topological polar surface area (TPSA) is 75.3 Å². The van der Waals surface area contributed by atoms with E-state index in [1.807, 2.05) is 44.4 Å². The first-order valence-corrected chi connectivity index (χ1v) is 12.1. The van der Waals surface area contributed by atoms with Crippen molar-refractivity contribution < 1.29 is 13.2 Å². The minimum atomic E-state index is -3.45. The van der Waals surface area contributed by atoms with Gasteiger partial charge in [-0.15, -0.1) is 11.8 Å². The monoisotopic (exact) mass is 420 g/mol. The number of amides is 1. The predicted molar refractivity (Wildman–Crippen MR) is 115 cm³/mol. The van der Waals surface area contributed by atoms with Crippen molar-refractivity contribution in [1.82, 2.24) is 10.0 Å². The number of thioether (sulfide) groups is 1. The maximum Gasteiger partial charge on any atom is 0.240 e. The fraction of sp³-hybridized carbons (Fsp3) is 0.381. The molecule has 28 heavy (non-hydrogen) atoms. The van der Waals surface area contributed by atoms with Gasteiger partial charge >= 0.3 is 0 Å². The lowest BCUT2D eigenvalue weighted by Gasteiger charge is -2.15. The molecule has 1 amide bonds. The van der Waals surface area contributed by atoms with E-state index < -0.39 is 10.0 Å². The highest BCUT2D eigenvalue weighted by Gasteiger charge is 2.13. The minimum absolute atomic E-state index is 0.0252. The van der Waals surface area contributed by atoms with Gasteiger partial charge in [0.2, 0.25) is 15.9 Å². The van der Waals surface area contributed by atoms with Gasteiger partial charge in [0.15, 0.2) is 0 Å².